The maximum atomic E-state index is 13.1. The molecule has 5 nitrogen and oxygen atoms in total. The predicted octanol–water partition coefficient (Wildman–Crippen LogP) is 5.42. The molecule has 152 valence electrons. The largest absolute Gasteiger partial charge is 0.508 e. The average Bonchev–Trinajstić information content (AvgIpc) is 3.06. The highest BCUT2D eigenvalue weighted by atomic mass is 35.5. The molecule has 0 spiro atoms. The fourth-order valence-corrected chi connectivity index (χ4v) is 3.71. The second-order valence-electron chi connectivity index (χ2n) is 7.15. The average molecular weight is 425 g/mol. The lowest BCUT2D eigenvalue weighted by Gasteiger charge is -2.18. The summed E-state index contributed by atoms with van der Waals surface area (Å²) in [5, 5.41) is 23.1. The Morgan fingerprint density at radius 1 is 1.10 bits per heavy atom. The van der Waals surface area contributed by atoms with Crippen molar-refractivity contribution in [3.8, 4) is 5.75 Å². The number of aromatic amines is 1. The van der Waals surface area contributed by atoms with Gasteiger partial charge in [-0.1, -0.05) is 35.9 Å². The second kappa shape index (κ2) is 7.39. The van der Waals surface area contributed by atoms with Gasteiger partial charge in [0, 0.05) is 38.8 Å². The number of phenols is 1. The molecule has 0 aliphatic heterocycles. The zero-order chi connectivity index (χ0) is 21.5. The van der Waals surface area contributed by atoms with Crippen molar-refractivity contribution in [2.75, 3.05) is 0 Å². The fraction of sp³-hybridized carbons (Fsp3) is 0.0870. The van der Waals surface area contributed by atoms with Crippen molar-refractivity contribution in [2.24, 2.45) is 5.73 Å². The lowest BCUT2D eigenvalue weighted by Crippen LogP contribution is -2.34. The monoisotopic (exact) mass is 424 g/mol. The number of phenolic OH excluding ortho intramolecular Hbond substituents is 1. The highest BCUT2D eigenvalue weighted by molar-refractivity contribution is 6.32. The van der Waals surface area contributed by atoms with Gasteiger partial charge in [-0.05, 0) is 47.9 Å². The molecule has 5 rings (SSSR count). The Balaban J connectivity index is 0.000000170. The van der Waals surface area contributed by atoms with Crippen LogP contribution in [0, 0.1) is 0 Å². The molecule has 0 saturated carbocycles. The molecule has 3 aromatic carbocycles. The molecule has 4 aromatic rings. The van der Waals surface area contributed by atoms with Gasteiger partial charge in [0.25, 0.3) is 0 Å². The van der Waals surface area contributed by atoms with E-state index < -0.39 is 11.6 Å². The van der Waals surface area contributed by atoms with Gasteiger partial charge in [0.1, 0.15) is 5.75 Å². The maximum absolute atomic E-state index is 13.1. The number of nitrogens with one attached hydrogen (secondary N) is 1. The van der Waals surface area contributed by atoms with Gasteiger partial charge in [-0.3, -0.25) is 0 Å². The number of carboxylic acids is 1. The number of aromatic nitrogens is 1. The third-order valence-corrected chi connectivity index (χ3v) is 5.26. The number of hydrogen-bond acceptors (Lipinski definition) is 3. The number of allylic oxidation sites excluding steroid dienone is 3. The van der Waals surface area contributed by atoms with E-state index in [1.807, 2.05) is 24.3 Å². The molecule has 0 fully saturated rings. The number of benzene rings is 3. The van der Waals surface area contributed by atoms with Gasteiger partial charge in [-0.25, -0.2) is 9.18 Å². The second-order valence-corrected chi connectivity index (χ2v) is 7.59. The van der Waals surface area contributed by atoms with Crippen LogP contribution in [0.2, 0.25) is 5.02 Å². The number of aliphatic carboxylic acids is 1. The fourth-order valence-electron chi connectivity index (χ4n) is 3.54. The first kappa shape index (κ1) is 19.8. The summed E-state index contributed by atoms with van der Waals surface area (Å²) in [4.78, 5) is 13.7. The first-order valence-electron chi connectivity index (χ1n) is 9.16. The van der Waals surface area contributed by atoms with E-state index in [0.29, 0.717) is 0 Å². The van der Waals surface area contributed by atoms with E-state index in [2.05, 4.69) is 17.1 Å². The van der Waals surface area contributed by atoms with Gasteiger partial charge in [-0.15, -0.1) is 0 Å². The van der Waals surface area contributed by atoms with Crippen LogP contribution in [-0.2, 0) is 4.79 Å². The number of fused-ring (bicyclic) bond motifs is 5. The van der Waals surface area contributed by atoms with E-state index in [9.17, 15) is 14.3 Å². The lowest BCUT2D eigenvalue weighted by molar-refractivity contribution is -0.147. The molecule has 0 saturated heterocycles. The highest BCUT2D eigenvalue weighted by Gasteiger charge is 2.37. The van der Waals surface area contributed by atoms with Crippen molar-refractivity contribution >= 4 is 50.1 Å². The van der Waals surface area contributed by atoms with Crippen LogP contribution >= 0.6 is 11.6 Å². The SMILES string of the molecule is NC1=CC=CC(F)(C(=O)O)C1.Oc1ccc2ccc3c4cc(Cl)ccc4[nH]c3c2c1. The van der Waals surface area contributed by atoms with E-state index >= 15 is 0 Å². The summed E-state index contributed by atoms with van der Waals surface area (Å²) in [6, 6.07) is 15.4. The number of nitrogens with two attached hydrogens (primary N) is 1. The highest BCUT2D eigenvalue weighted by Crippen LogP contribution is 2.33. The molecule has 1 atom stereocenters. The van der Waals surface area contributed by atoms with E-state index in [-0.39, 0.29) is 17.9 Å². The minimum atomic E-state index is -2.31. The van der Waals surface area contributed by atoms with Crippen molar-refractivity contribution in [1.82, 2.24) is 4.98 Å². The summed E-state index contributed by atoms with van der Waals surface area (Å²) < 4.78 is 13.1. The number of aromatic hydroxyl groups is 1. The van der Waals surface area contributed by atoms with Gasteiger partial charge in [0.15, 0.2) is 0 Å². The number of carboxylic acid groups (broad SMARTS) is 1. The third-order valence-electron chi connectivity index (χ3n) is 5.02. The molecule has 5 N–H and O–H groups in total. The summed E-state index contributed by atoms with van der Waals surface area (Å²) in [6.07, 6.45) is 3.53. The molecule has 0 amide bonds. The Hall–Kier alpha value is -3.51. The van der Waals surface area contributed by atoms with Crippen molar-refractivity contribution in [1.29, 1.82) is 0 Å². The minimum Gasteiger partial charge on any atom is -0.508 e. The first-order valence-corrected chi connectivity index (χ1v) is 9.53. The Kier molecular flexibility index (Phi) is 4.87. The Morgan fingerprint density at radius 2 is 1.87 bits per heavy atom. The molecular weight excluding hydrogens is 407 g/mol. The summed E-state index contributed by atoms with van der Waals surface area (Å²) in [6.45, 7) is 0. The molecular formula is C23H18ClFN2O3. The van der Waals surface area contributed by atoms with Gasteiger partial charge in [0.05, 0.1) is 5.52 Å². The van der Waals surface area contributed by atoms with E-state index in [0.717, 1.165) is 43.7 Å². The van der Waals surface area contributed by atoms with E-state index in [1.165, 1.54) is 12.2 Å². The number of rotatable bonds is 1. The standard InChI is InChI=1S/C16H10ClNO.C7H8FNO2/c17-10-3-6-15-14(7-10)12-5-2-9-1-4-11(19)8-13(9)16(12)18-15;8-7(6(10)11)3-1-2-5(9)4-7/h1-8,18-19H;1-3H,4,9H2,(H,10,11). The Bertz CT molecular complexity index is 1360. The smallest absolute Gasteiger partial charge is 0.345 e. The van der Waals surface area contributed by atoms with Crippen LogP contribution in [0.3, 0.4) is 0 Å². The zero-order valence-corrected chi connectivity index (χ0v) is 16.4. The number of alkyl halides is 1. The summed E-state index contributed by atoms with van der Waals surface area (Å²) in [7, 11) is 0. The van der Waals surface area contributed by atoms with Crippen LogP contribution in [0.5, 0.6) is 5.75 Å². The predicted molar refractivity (Wildman–Crippen MR) is 117 cm³/mol. The number of H-pyrrole nitrogens is 1. The van der Waals surface area contributed by atoms with Gasteiger partial charge >= 0.3 is 5.97 Å². The van der Waals surface area contributed by atoms with Crippen molar-refractivity contribution in [3.63, 3.8) is 0 Å². The number of carbonyl (C=O) groups is 1. The van der Waals surface area contributed by atoms with Crippen molar-refractivity contribution in [3.05, 3.63) is 77.5 Å². The normalized spacial score (nSPS) is 18.3. The topological polar surface area (TPSA) is 99.3 Å². The van der Waals surface area contributed by atoms with Crippen LogP contribution in [0.15, 0.2) is 72.5 Å². The molecule has 1 unspecified atom stereocenters. The Morgan fingerprint density at radius 3 is 2.57 bits per heavy atom. The third kappa shape index (κ3) is 3.57. The molecule has 1 aliphatic carbocycles. The molecule has 0 radical (unpaired) electrons. The molecule has 30 heavy (non-hydrogen) atoms. The van der Waals surface area contributed by atoms with Crippen LogP contribution in [0.4, 0.5) is 4.39 Å². The maximum Gasteiger partial charge on any atom is 0.345 e. The number of hydrogen-bond donors (Lipinski definition) is 4. The van der Waals surface area contributed by atoms with Gasteiger partial charge < -0.3 is 20.9 Å². The summed E-state index contributed by atoms with van der Waals surface area (Å²) in [5.74, 6) is -1.22. The van der Waals surface area contributed by atoms with Crippen molar-refractivity contribution in [2.45, 2.75) is 12.1 Å². The molecule has 7 heteroatoms. The molecule has 1 heterocycles. The van der Waals surface area contributed by atoms with Gasteiger partial charge in [-0.2, -0.15) is 0 Å². The Labute approximate surface area is 175 Å². The molecule has 0 bridgehead atoms. The number of halogens is 2. The van der Waals surface area contributed by atoms with Crippen LogP contribution < -0.4 is 5.73 Å². The first-order chi connectivity index (χ1) is 14.3. The molecule has 1 aromatic heterocycles. The molecule has 1 aliphatic rings. The van der Waals surface area contributed by atoms with Crippen LogP contribution in [-0.4, -0.2) is 26.8 Å². The quantitative estimate of drug-likeness (QED) is 0.328. The minimum absolute atomic E-state index is 0.248. The summed E-state index contributed by atoms with van der Waals surface area (Å²) >= 11 is 6.07. The van der Waals surface area contributed by atoms with Crippen molar-refractivity contribution < 1.29 is 19.4 Å². The van der Waals surface area contributed by atoms with E-state index in [1.54, 1.807) is 12.1 Å². The van der Waals surface area contributed by atoms with Crippen LogP contribution in [0.1, 0.15) is 6.42 Å². The van der Waals surface area contributed by atoms with Crippen LogP contribution in [0.25, 0.3) is 32.6 Å². The zero-order valence-electron chi connectivity index (χ0n) is 15.7. The summed E-state index contributed by atoms with van der Waals surface area (Å²) in [5.41, 5.74) is 5.28. The lowest BCUT2D eigenvalue weighted by atomic mass is 9.95. The van der Waals surface area contributed by atoms with E-state index in [4.69, 9.17) is 22.4 Å². The van der Waals surface area contributed by atoms with Gasteiger partial charge in [0.2, 0.25) is 5.67 Å².